The number of hydrogen-bond acceptors (Lipinski definition) is 4. The Labute approximate surface area is 92.4 Å². The van der Waals surface area contributed by atoms with Gasteiger partial charge in [0.15, 0.2) is 6.10 Å². The van der Waals surface area contributed by atoms with Crippen LogP contribution in [0.3, 0.4) is 0 Å². The van der Waals surface area contributed by atoms with E-state index >= 15 is 0 Å². The van der Waals surface area contributed by atoms with Crippen LogP contribution >= 0.6 is 0 Å². The Kier molecular flexibility index (Phi) is 2.76. The molecule has 1 aliphatic heterocycles. The molecule has 1 aliphatic rings. The Hall–Kier alpha value is -2.04. The number of para-hydroxylation sites is 2. The Bertz CT molecular complexity index is 430. The number of hydrogen-bond donors (Lipinski definition) is 1. The summed E-state index contributed by atoms with van der Waals surface area (Å²) >= 11 is 0. The number of fused-ring (bicyclic) bond motifs is 1. The Morgan fingerprint density at radius 1 is 1.50 bits per heavy atom. The van der Waals surface area contributed by atoms with E-state index in [4.69, 9.17) is 4.74 Å². The molecule has 0 spiro atoms. The van der Waals surface area contributed by atoms with Gasteiger partial charge in [-0.15, -0.1) is 0 Å². The number of ether oxygens (including phenoxy) is 2. The number of amides is 1. The number of carbonyl (C=O) groups excluding carboxylic acids is 2. The minimum atomic E-state index is -0.817. The van der Waals surface area contributed by atoms with Crippen LogP contribution in [0.15, 0.2) is 24.3 Å². The molecular weight excluding hydrogens is 210 g/mol. The van der Waals surface area contributed by atoms with Gasteiger partial charge in [-0.1, -0.05) is 12.1 Å². The van der Waals surface area contributed by atoms with E-state index in [-0.39, 0.29) is 12.3 Å². The Morgan fingerprint density at radius 2 is 2.25 bits per heavy atom. The van der Waals surface area contributed by atoms with Crippen LogP contribution in [0, 0.1) is 0 Å². The molecule has 0 saturated heterocycles. The van der Waals surface area contributed by atoms with Gasteiger partial charge in [-0.2, -0.15) is 0 Å². The lowest BCUT2D eigenvalue weighted by molar-refractivity contribution is -0.145. The molecule has 84 valence electrons. The molecule has 1 atom stereocenters. The zero-order chi connectivity index (χ0) is 11.5. The molecule has 0 bridgehead atoms. The first-order valence-electron chi connectivity index (χ1n) is 4.84. The van der Waals surface area contributed by atoms with Crippen molar-refractivity contribution < 1.29 is 19.1 Å². The fourth-order valence-electron chi connectivity index (χ4n) is 1.46. The van der Waals surface area contributed by atoms with E-state index in [1.54, 1.807) is 24.3 Å². The van der Waals surface area contributed by atoms with Crippen LogP contribution in [0.2, 0.25) is 0 Å². The fourth-order valence-corrected chi connectivity index (χ4v) is 1.46. The van der Waals surface area contributed by atoms with Gasteiger partial charge in [-0.05, 0) is 12.1 Å². The molecule has 5 nitrogen and oxygen atoms in total. The summed E-state index contributed by atoms with van der Waals surface area (Å²) in [6.07, 6.45) is -0.904. The third-order valence-electron chi connectivity index (χ3n) is 2.29. The Balaban J connectivity index is 2.15. The van der Waals surface area contributed by atoms with Crippen LogP contribution in [0.1, 0.15) is 6.42 Å². The molecule has 1 N–H and O–H groups in total. The zero-order valence-electron chi connectivity index (χ0n) is 8.73. The highest BCUT2D eigenvalue weighted by molar-refractivity contribution is 5.99. The van der Waals surface area contributed by atoms with Crippen LogP contribution in [0.5, 0.6) is 5.75 Å². The number of carbonyl (C=O) groups is 2. The van der Waals surface area contributed by atoms with Gasteiger partial charge in [-0.25, -0.2) is 0 Å². The average Bonchev–Trinajstić information content (AvgIpc) is 2.30. The molecule has 5 heteroatoms. The largest absolute Gasteiger partial charge is 0.478 e. The predicted octanol–water partition coefficient (Wildman–Crippen LogP) is 0.949. The molecule has 0 radical (unpaired) electrons. The van der Waals surface area contributed by atoms with E-state index in [1.807, 2.05) is 0 Å². The normalized spacial score (nSPS) is 18.1. The van der Waals surface area contributed by atoms with E-state index < -0.39 is 12.1 Å². The third kappa shape index (κ3) is 1.98. The summed E-state index contributed by atoms with van der Waals surface area (Å²) in [5, 5.41) is 2.67. The van der Waals surface area contributed by atoms with Crippen LogP contribution in [0.25, 0.3) is 0 Å². The number of nitrogens with one attached hydrogen (secondary N) is 1. The van der Waals surface area contributed by atoms with Crippen molar-refractivity contribution in [2.45, 2.75) is 12.5 Å². The first-order valence-corrected chi connectivity index (χ1v) is 4.84. The molecule has 1 unspecified atom stereocenters. The van der Waals surface area contributed by atoms with Crippen molar-refractivity contribution in [1.82, 2.24) is 0 Å². The molecule has 16 heavy (non-hydrogen) atoms. The van der Waals surface area contributed by atoms with Crippen LogP contribution < -0.4 is 10.1 Å². The fraction of sp³-hybridized carbons (Fsp3) is 0.273. The minimum Gasteiger partial charge on any atom is -0.478 e. The highest BCUT2D eigenvalue weighted by Crippen LogP contribution is 2.29. The lowest BCUT2D eigenvalue weighted by Crippen LogP contribution is -2.38. The van der Waals surface area contributed by atoms with Gasteiger partial charge < -0.3 is 14.8 Å². The van der Waals surface area contributed by atoms with Gasteiger partial charge in [0.2, 0.25) is 0 Å². The maximum Gasteiger partial charge on any atom is 0.309 e. The average molecular weight is 221 g/mol. The molecule has 0 aliphatic carbocycles. The van der Waals surface area contributed by atoms with Gasteiger partial charge in [0, 0.05) is 0 Å². The van der Waals surface area contributed by atoms with E-state index in [0.717, 1.165) is 0 Å². The van der Waals surface area contributed by atoms with E-state index in [2.05, 4.69) is 10.1 Å². The maximum atomic E-state index is 11.6. The minimum absolute atomic E-state index is 0.0866. The van der Waals surface area contributed by atoms with Gasteiger partial charge >= 0.3 is 5.97 Å². The molecule has 0 aromatic heterocycles. The van der Waals surface area contributed by atoms with Crippen molar-refractivity contribution in [2.24, 2.45) is 0 Å². The highest BCUT2D eigenvalue weighted by Gasteiger charge is 2.29. The summed E-state index contributed by atoms with van der Waals surface area (Å²) in [4.78, 5) is 22.6. The van der Waals surface area contributed by atoms with E-state index in [0.29, 0.717) is 11.4 Å². The second-order valence-electron chi connectivity index (χ2n) is 3.37. The molecule has 1 aromatic rings. The predicted molar refractivity (Wildman–Crippen MR) is 56.1 cm³/mol. The summed E-state index contributed by atoms with van der Waals surface area (Å²) in [7, 11) is 1.27. The lowest BCUT2D eigenvalue weighted by atomic mass is 10.1. The van der Waals surface area contributed by atoms with Gasteiger partial charge in [-0.3, -0.25) is 9.59 Å². The molecule has 2 rings (SSSR count). The number of methoxy groups -OCH3 is 1. The van der Waals surface area contributed by atoms with Gasteiger partial charge in [0.05, 0.1) is 19.2 Å². The second-order valence-corrected chi connectivity index (χ2v) is 3.37. The standard InChI is InChI=1S/C11H11NO4/c1-15-10(13)6-9-11(14)12-7-4-2-3-5-8(7)16-9/h2-5,9H,6H2,1H3,(H,12,14). The molecule has 0 saturated carbocycles. The lowest BCUT2D eigenvalue weighted by Gasteiger charge is -2.24. The van der Waals surface area contributed by atoms with E-state index in [9.17, 15) is 9.59 Å². The number of benzene rings is 1. The van der Waals surface area contributed by atoms with Gasteiger partial charge in [0.25, 0.3) is 5.91 Å². The summed E-state index contributed by atoms with van der Waals surface area (Å²) in [6, 6.07) is 7.06. The van der Waals surface area contributed by atoms with Crippen molar-refractivity contribution in [3.8, 4) is 5.75 Å². The molecular formula is C11H11NO4. The van der Waals surface area contributed by atoms with E-state index in [1.165, 1.54) is 7.11 Å². The number of rotatable bonds is 2. The first-order chi connectivity index (χ1) is 7.70. The number of esters is 1. The monoisotopic (exact) mass is 221 g/mol. The molecule has 1 aromatic carbocycles. The molecule has 1 amide bonds. The van der Waals surface area contributed by atoms with Crippen molar-refractivity contribution in [3.63, 3.8) is 0 Å². The molecule has 1 heterocycles. The summed E-state index contributed by atoms with van der Waals surface area (Å²) < 4.78 is 9.89. The van der Waals surface area contributed by atoms with Crippen molar-refractivity contribution in [1.29, 1.82) is 0 Å². The smallest absolute Gasteiger partial charge is 0.309 e. The summed E-state index contributed by atoms with van der Waals surface area (Å²) in [5.74, 6) is -0.236. The maximum absolute atomic E-state index is 11.6. The SMILES string of the molecule is COC(=O)CC1Oc2ccccc2NC1=O. The quantitative estimate of drug-likeness (QED) is 0.755. The summed E-state index contributed by atoms with van der Waals surface area (Å²) in [5.41, 5.74) is 0.619. The summed E-state index contributed by atoms with van der Waals surface area (Å²) in [6.45, 7) is 0. The van der Waals surface area contributed by atoms with Gasteiger partial charge in [0.1, 0.15) is 5.75 Å². The second kappa shape index (κ2) is 4.22. The van der Waals surface area contributed by atoms with Crippen molar-refractivity contribution in [3.05, 3.63) is 24.3 Å². The van der Waals surface area contributed by atoms with Crippen LogP contribution in [-0.2, 0) is 14.3 Å². The van der Waals surface area contributed by atoms with Crippen LogP contribution in [0.4, 0.5) is 5.69 Å². The topological polar surface area (TPSA) is 64.6 Å². The van der Waals surface area contributed by atoms with Crippen LogP contribution in [-0.4, -0.2) is 25.1 Å². The van der Waals surface area contributed by atoms with Crippen molar-refractivity contribution >= 4 is 17.6 Å². The first kappa shape index (κ1) is 10.5. The number of anilines is 1. The zero-order valence-corrected chi connectivity index (χ0v) is 8.73. The third-order valence-corrected chi connectivity index (χ3v) is 2.29. The highest BCUT2D eigenvalue weighted by atomic mass is 16.5. The van der Waals surface area contributed by atoms with Crippen molar-refractivity contribution in [2.75, 3.05) is 12.4 Å². The Morgan fingerprint density at radius 3 is 3.00 bits per heavy atom. The molecule has 0 fully saturated rings.